The molecule has 30 heavy (non-hydrogen) atoms. The standard InChI is InChI=1S/C25H24N2O2S/c1-17-6-5-9-21(16-17)27-25(29)23(18-7-3-2-4-8-18)30-22-14-12-20(13-15-22)26-24(28)19-10-11-19/h2-9,12-16,19,23H,10-11H2,1H3,(H,26,28)(H,27,29). The van der Waals surface area contributed by atoms with Crippen LogP contribution in [0.3, 0.4) is 0 Å². The lowest BCUT2D eigenvalue weighted by molar-refractivity contribution is -0.117. The summed E-state index contributed by atoms with van der Waals surface area (Å²) in [5.74, 6) is 0.199. The van der Waals surface area contributed by atoms with E-state index in [-0.39, 0.29) is 17.7 Å². The van der Waals surface area contributed by atoms with Crippen molar-refractivity contribution in [2.45, 2.75) is 29.9 Å². The van der Waals surface area contributed by atoms with Crippen LogP contribution in [-0.2, 0) is 9.59 Å². The van der Waals surface area contributed by atoms with Gasteiger partial charge in [0.05, 0.1) is 0 Å². The molecule has 152 valence electrons. The molecule has 4 nitrogen and oxygen atoms in total. The summed E-state index contributed by atoms with van der Waals surface area (Å²) in [7, 11) is 0. The lowest BCUT2D eigenvalue weighted by Gasteiger charge is -2.17. The molecule has 0 saturated heterocycles. The molecule has 5 heteroatoms. The van der Waals surface area contributed by atoms with Gasteiger partial charge in [-0.3, -0.25) is 9.59 Å². The van der Waals surface area contributed by atoms with E-state index in [2.05, 4.69) is 10.6 Å². The van der Waals surface area contributed by atoms with Crippen molar-refractivity contribution < 1.29 is 9.59 Å². The molecule has 0 heterocycles. The van der Waals surface area contributed by atoms with Crippen LogP contribution in [0.2, 0.25) is 0 Å². The molecule has 1 saturated carbocycles. The van der Waals surface area contributed by atoms with Crippen LogP contribution < -0.4 is 10.6 Å². The Morgan fingerprint density at radius 3 is 2.27 bits per heavy atom. The summed E-state index contributed by atoms with van der Waals surface area (Å²) >= 11 is 1.49. The maximum Gasteiger partial charge on any atom is 0.242 e. The van der Waals surface area contributed by atoms with Gasteiger partial charge >= 0.3 is 0 Å². The summed E-state index contributed by atoms with van der Waals surface area (Å²) in [4.78, 5) is 26.0. The van der Waals surface area contributed by atoms with Gasteiger partial charge in [-0.2, -0.15) is 0 Å². The zero-order chi connectivity index (χ0) is 20.9. The zero-order valence-corrected chi connectivity index (χ0v) is 17.6. The average molecular weight is 417 g/mol. The average Bonchev–Trinajstić information content (AvgIpc) is 3.59. The fourth-order valence-corrected chi connectivity index (χ4v) is 4.20. The van der Waals surface area contributed by atoms with Crippen molar-refractivity contribution in [2.24, 2.45) is 5.92 Å². The Labute approximate surface area is 181 Å². The maximum absolute atomic E-state index is 13.1. The fraction of sp³-hybridized carbons (Fsp3) is 0.200. The Morgan fingerprint density at radius 2 is 1.60 bits per heavy atom. The second-order valence-electron chi connectivity index (χ2n) is 7.56. The van der Waals surface area contributed by atoms with Gasteiger partial charge in [-0.05, 0) is 67.3 Å². The Balaban J connectivity index is 1.50. The Hall–Kier alpha value is -3.05. The Bertz CT molecular complexity index is 1030. The molecule has 1 aliphatic carbocycles. The molecule has 1 aliphatic rings. The van der Waals surface area contributed by atoms with Crippen LogP contribution in [0.4, 0.5) is 11.4 Å². The van der Waals surface area contributed by atoms with Crippen LogP contribution >= 0.6 is 11.8 Å². The first-order valence-corrected chi connectivity index (χ1v) is 11.0. The highest BCUT2D eigenvalue weighted by Crippen LogP contribution is 2.37. The molecule has 0 spiro atoms. The summed E-state index contributed by atoms with van der Waals surface area (Å²) in [6, 6.07) is 25.2. The summed E-state index contributed by atoms with van der Waals surface area (Å²) in [5.41, 5.74) is 3.62. The molecule has 4 rings (SSSR count). The van der Waals surface area contributed by atoms with Crippen molar-refractivity contribution >= 4 is 35.0 Å². The summed E-state index contributed by atoms with van der Waals surface area (Å²) in [6.07, 6.45) is 1.96. The van der Waals surface area contributed by atoms with Crippen molar-refractivity contribution in [3.05, 3.63) is 90.0 Å². The number of hydrogen-bond donors (Lipinski definition) is 2. The number of carbonyl (C=O) groups is 2. The first-order chi connectivity index (χ1) is 14.6. The van der Waals surface area contributed by atoms with Crippen molar-refractivity contribution in [3.8, 4) is 0 Å². The molecule has 2 amide bonds. The van der Waals surface area contributed by atoms with Gasteiger partial charge in [-0.15, -0.1) is 11.8 Å². The van der Waals surface area contributed by atoms with E-state index in [0.717, 1.165) is 40.2 Å². The monoisotopic (exact) mass is 416 g/mol. The molecule has 0 radical (unpaired) electrons. The molecule has 0 aliphatic heterocycles. The van der Waals surface area contributed by atoms with E-state index in [1.807, 2.05) is 85.8 Å². The Morgan fingerprint density at radius 1 is 0.867 bits per heavy atom. The first kappa shape index (κ1) is 20.2. The van der Waals surface area contributed by atoms with Gasteiger partial charge in [-0.25, -0.2) is 0 Å². The van der Waals surface area contributed by atoms with E-state index in [9.17, 15) is 9.59 Å². The number of anilines is 2. The molecular formula is C25H24N2O2S. The van der Waals surface area contributed by atoms with E-state index in [1.54, 1.807) is 0 Å². The van der Waals surface area contributed by atoms with E-state index < -0.39 is 5.25 Å². The number of carbonyl (C=O) groups excluding carboxylic acids is 2. The number of aryl methyl sites for hydroxylation is 1. The minimum Gasteiger partial charge on any atom is -0.326 e. The lowest BCUT2D eigenvalue weighted by Crippen LogP contribution is -2.19. The summed E-state index contributed by atoms with van der Waals surface area (Å²) in [6.45, 7) is 2.00. The number of hydrogen-bond acceptors (Lipinski definition) is 3. The van der Waals surface area contributed by atoms with Gasteiger partial charge in [0.1, 0.15) is 5.25 Å². The third kappa shape index (κ3) is 5.30. The third-order valence-electron chi connectivity index (χ3n) is 4.95. The number of thioether (sulfide) groups is 1. The van der Waals surface area contributed by atoms with Crippen molar-refractivity contribution in [1.82, 2.24) is 0 Å². The highest BCUT2D eigenvalue weighted by molar-refractivity contribution is 8.00. The molecule has 3 aromatic carbocycles. The molecule has 1 atom stereocenters. The van der Waals surface area contributed by atoms with E-state index >= 15 is 0 Å². The van der Waals surface area contributed by atoms with Crippen molar-refractivity contribution in [3.63, 3.8) is 0 Å². The topological polar surface area (TPSA) is 58.2 Å². The molecular weight excluding hydrogens is 392 g/mol. The normalized spacial score (nSPS) is 14.0. The van der Waals surface area contributed by atoms with Gasteiger partial charge in [0.25, 0.3) is 0 Å². The van der Waals surface area contributed by atoms with Crippen molar-refractivity contribution in [1.29, 1.82) is 0 Å². The first-order valence-electron chi connectivity index (χ1n) is 10.1. The highest BCUT2D eigenvalue weighted by atomic mass is 32.2. The van der Waals surface area contributed by atoms with Gasteiger partial charge in [0.15, 0.2) is 0 Å². The summed E-state index contributed by atoms with van der Waals surface area (Å²) < 4.78 is 0. The van der Waals surface area contributed by atoms with Gasteiger partial charge < -0.3 is 10.6 Å². The molecule has 1 fully saturated rings. The SMILES string of the molecule is Cc1cccc(NC(=O)C(Sc2ccc(NC(=O)C3CC3)cc2)c2ccccc2)c1. The van der Waals surface area contributed by atoms with Crippen LogP contribution in [0, 0.1) is 12.8 Å². The molecule has 2 N–H and O–H groups in total. The smallest absolute Gasteiger partial charge is 0.242 e. The predicted molar refractivity (Wildman–Crippen MR) is 123 cm³/mol. The van der Waals surface area contributed by atoms with Crippen LogP contribution in [0.5, 0.6) is 0 Å². The van der Waals surface area contributed by atoms with Crippen molar-refractivity contribution in [2.75, 3.05) is 10.6 Å². The highest BCUT2D eigenvalue weighted by Gasteiger charge is 2.29. The van der Waals surface area contributed by atoms with E-state index in [1.165, 1.54) is 11.8 Å². The number of amides is 2. The minimum atomic E-state index is -0.390. The number of rotatable bonds is 7. The van der Waals surface area contributed by atoms with Crippen LogP contribution in [0.25, 0.3) is 0 Å². The molecule has 1 unspecified atom stereocenters. The summed E-state index contributed by atoms with van der Waals surface area (Å²) in [5, 5.41) is 5.60. The maximum atomic E-state index is 13.1. The zero-order valence-electron chi connectivity index (χ0n) is 16.8. The quantitative estimate of drug-likeness (QED) is 0.478. The van der Waals surface area contributed by atoms with E-state index in [4.69, 9.17) is 0 Å². The second-order valence-corrected chi connectivity index (χ2v) is 8.73. The lowest BCUT2D eigenvalue weighted by atomic mass is 10.1. The van der Waals surface area contributed by atoms with Gasteiger partial charge in [-0.1, -0.05) is 42.5 Å². The minimum absolute atomic E-state index is 0.0667. The van der Waals surface area contributed by atoms with Gasteiger partial charge in [0, 0.05) is 22.2 Å². The van der Waals surface area contributed by atoms with Crippen LogP contribution in [0.15, 0.2) is 83.8 Å². The van der Waals surface area contributed by atoms with Crippen LogP contribution in [0.1, 0.15) is 29.2 Å². The predicted octanol–water partition coefficient (Wildman–Crippen LogP) is 5.82. The van der Waals surface area contributed by atoms with Crippen LogP contribution in [-0.4, -0.2) is 11.8 Å². The third-order valence-corrected chi connectivity index (χ3v) is 6.22. The second kappa shape index (κ2) is 9.18. The molecule has 0 aromatic heterocycles. The number of nitrogens with one attached hydrogen (secondary N) is 2. The fourth-order valence-electron chi connectivity index (χ4n) is 3.17. The molecule has 3 aromatic rings. The largest absolute Gasteiger partial charge is 0.326 e. The molecule has 0 bridgehead atoms. The van der Waals surface area contributed by atoms with E-state index in [0.29, 0.717) is 0 Å². The number of benzene rings is 3. The van der Waals surface area contributed by atoms with Gasteiger partial charge in [0.2, 0.25) is 11.8 Å². The Kier molecular flexibility index (Phi) is 6.19.